The van der Waals surface area contributed by atoms with E-state index in [9.17, 15) is 9.59 Å². The van der Waals surface area contributed by atoms with Gasteiger partial charge in [0.25, 0.3) is 5.91 Å². The SMILES string of the molecule is COc1ccccc1C(=O)N1C(C(=O)NCCc2ccccc2C)CC2CCCCC21. The first-order valence-corrected chi connectivity index (χ1v) is 11.4. The number of hydrogen-bond acceptors (Lipinski definition) is 3. The van der Waals surface area contributed by atoms with E-state index in [-0.39, 0.29) is 17.9 Å². The second-order valence-corrected chi connectivity index (χ2v) is 8.74. The smallest absolute Gasteiger partial charge is 0.258 e. The molecule has 2 aliphatic rings. The summed E-state index contributed by atoms with van der Waals surface area (Å²) in [7, 11) is 1.58. The first-order chi connectivity index (χ1) is 15.1. The van der Waals surface area contributed by atoms with Gasteiger partial charge in [0.05, 0.1) is 12.7 Å². The molecule has 1 saturated carbocycles. The molecular formula is C26H32N2O3. The third kappa shape index (κ3) is 4.46. The van der Waals surface area contributed by atoms with Crippen LogP contribution in [0.3, 0.4) is 0 Å². The van der Waals surface area contributed by atoms with Crippen LogP contribution < -0.4 is 10.1 Å². The third-order valence-corrected chi connectivity index (χ3v) is 6.92. The van der Waals surface area contributed by atoms with E-state index in [4.69, 9.17) is 4.74 Å². The highest BCUT2D eigenvalue weighted by atomic mass is 16.5. The molecule has 5 nitrogen and oxygen atoms in total. The van der Waals surface area contributed by atoms with Crippen LogP contribution in [0.5, 0.6) is 5.75 Å². The van der Waals surface area contributed by atoms with Gasteiger partial charge in [-0.1, -0.05) is 49.2 Å². The Labute approximate surface area is 184 Å². The minimum absolute atomic E-state index is 0.0359. The van der Waals surface area contributed by atoms with E-state index in [1.54, 1.807) is 19.2 Å². The summed E-state index contributed by atoms with van der Waals surface area (Å²) in [5, 5.41) is 3.11. The zero-order chi connectivity index (χ0) is 21.8. The Bertz CT molecular complexity index is 942. The minimum Gasteiger partial charge on any atom is -0.496 e. The first-order valence-electron chi connectivity index (χ1n) is 11.4. The summed E-state index contributed by atoms with van der Waals surface area (Å²) in [6.45, 7) is 2.67. The lowest BCUT2D eigenvalue weighted by atomic mass is 9.84. The lowest BCUT2D eigenvalue weighted by Crippen LogP contribution is -2.50. The molecule has 2 aromatic rings. The number of nitrogens with one attached hydrogen (secondary N) is 1. The number of benzene rings is 2. The Kier molecular flexibility index (Phi) is 6.59. The van der Waals surface area contributed by atoms with Gasteiger partial charge < -0.3 is 15.0 Å². The van der Waals surface area contributed by atoms with Gasteiger partial charge in [-0.25, -0.2) is 0 Å². The Hall–Kier alpha value is -2.82. The van der Waals surface area contributed by atoms with Crippen LogP contribution in [0.15, 0.2) is 48.5 Å². The fraction of sp³-hybridized carbons (Fsp3) is 0.462. The largest absolute Gasteiger partial charge is 0.496 e. The molecule has 4 rings (SSSR count). The molecular weight excluding hydrogens is 388 g/mol. The number of carbonyl (C=O) groups excluding carboxylic acids is 2. The van der Waals surface area contributed by atoms with Crippen LogP contribution in [0.1, 0.15) is 53.6 Å². The summed E-state index contributed by atoms with van der Waals surface area (Å²) in [5.74, 6) is 0.835. The number of para-hydroxylation sites is 1. The number of hydrogen-bond donors (Lipinski definition) is 1. The first kappa shape index (κ1) is 21.4. The fourth-order valence-corrected chi connectivity index (χ4v) is 5.28. The molecule has 164 valence electrons. The van der Waals surface area contributed by atoms with Crippen LogP contribution in [0.25, 0.3) is 0 Å². The van der Waals surface area contributed by atoms with E-state index in [1.807, 2.05) is 29.2 Å². The number of methoxy groups -OCH3 is 1. The van der Waals surface area contributed by atoms with Crippen LogP contribution in [0.4, 0.5) is 0 Å². The third-order valence-electron chi connectivity index (χ3n) is 6.92. The summed E-state index contributed by atoms with van der Waals surface area (Å²) < 4.78 is 5.43. The molecule has 1 N–H and O–H groups in total. The van der Waals surface area contributed by atoms with Crippen molar-refractivity contribution in [1.82, 2.24) is 10.2 Å². The molecule has 0 aromatic heterocycles. The molecule has 3 unspecified atom stereocenters. The molecule has 5 heteroatoms. The van der Waals surface area contributed by atoms with Crippen molar-refractivity contribution in [3.63, 3.8) is 0 Å². The van der Waals surface area contributed by atoms with Crippen molar-refractivity contribution in [2.45, 2.75) is 57.5 Å². The number of rotatable bonds is 6. The predicted octanol–water partition coefficient (Wildman–Crippen LogP) is 4.14. The van der Waals surface area contributed by atoms with Gasteiger partial charge in [-0.3, -0.25) is 9.59 Å². The van der Waals surface area contributed by atoms with Crippen LogP contribution >= 0.6 is 0 Å². The van der Waals surface area contributed by atoms with Crippen molar-refractivity contribution in [1.29, 1.82) is 0 Å². The monoisotopic (exact) mass is 420 g/mol. The molecule has 2 fully saturated rings. The van der Waals surface area contributed by atoms with Crippen LogP contribution in [-0.2, 0) is 11.2 Å². The van der Waals surface area contributed by atoms with E-state index < -0.39 is 6.04 Å². The van der Waals surface area contributed by atoms with Gasteiger partial charge in [0, 0.05) is 12.6 Å². The zero-order valence-corrected chi connectivity index (χ0v) is 18.5. The summed E-state index contributed by atoms with van der Waals surface area (Å²) in [5.41, 5.74) is 3.01. The summed E-state index contributed by atoms with van der Waals surface area (Å²) in [6, 6.07) is 15.3. The summed E-state index contributed by atoms with van der Waals surface area (Å²) in [6.07, 6.45) is 5.89. The second kappa shape index (κ2) is 9.54. The molecule has 1 aliphatic carbocycles. The summed E-state index contributed by atoms with van der Waals surface area (Å²) >= 11 is 0. The van der Waals surface area contributed by atoms with Gasteiger partial charge in [-0.05, 0) is 61.8 Å². The molecule has 2 amide bonds. The average Bonchev–Trinajstić information content (AvgIpc) is 3.19. The molecule has 1 aliphatic heterocycles. The Morgan fingerprint density at radius 1 is 1.06 bits per heavy atom. The maximum atomic E-state index is 13.6. The molecule has 0 radical (unpaired) electrons. The second-order valence-electron chi connectivity index (χ2n) is 8.74. The molecule has 1 heterocycles. The number of aryl methyl sites for hydroxylation is 1. The van der Waals surface area contributed by atoms with Gasteiger partial charge in [-0.15, -0.1) is 0 Å². The zero-order valence-electron chi connectivity index (χ0n) is 18.5. The minimum atomic E-state index is -0.414. The lowest BCUT2D eigenvalue weighted by molar-refractivity contribution is -0.125. The fourth-order valence-electron chi connectivity index (χ4n) is 5.28. The molecule has 31 heavy (non-hydrogen) atoms. The number of nitrogens with zero attached hydrogens (tertiary/aromatic N) is 1. The highest BCUT2D eigenvalue weighted by Crippen LogP contribution is 2.41. The van der Waals surface area contributed by atoms with Crippen molar-refractivity contribution in [2.75, 3.05) is 13.7 Å². The molecule has 1 saturated heterocycles. The van der Waals surface area contributed by atoms with Gasteiger partial charge in [0.15, 0.2) is 0 Å². The van der Waals surface area contributed by atoms with Crippen molar-refractivity contribution in [2.24, 2.45) is 5.92 Å². The Balaban J connectivity index is 1.51. The normalized spacial score (nSPS) is 22.6. The molecule has 3 atom stereocenters. The standard InChI is InChI=1S/C26H32N2O3/c1-18-9-3-4-10-19(18)15-16-27-25(29)23-17-20-11-5-7-13-22(20)28(23)26(30)21-12-6-8-14-24(21)31-2/h3-4,6,8-10,12,14,20,22-23H,5,7,11,13,15-17H2,1-2H3,(H,27,29). The number of ether oxygens (including phenoxy) is 1. The molecule has 0 spiro atoms. The number of fused-ring (bicyclic) bond motifs is 1. The highest BCUT2D eigenvalue weighted by molar-refractivity contribution is 6.00. The quantitative estimate of drug-likeness (QED) is 0.764. The average molecular weight is 421 g/mol. The van der Waals surface area contributed by atoms with Gasteiger partial charge >= 0.3 is 0 Å². The number of likely N-dealkylation sites (tertiary alicyclic amines) is 1. The van der Waals surface area contributed by atoms with E-state index in [0.717, 1.165) is 32.1 Å². The lowest BCUT2D eigenvalue weighted by Gasteiger charge is -2.34. The molecule has 0 bridgehead atoms. The maximum Gasteiger partial charge on any atom is 0.258 e. The van der Waals surface area contributed by atoms with Crippen molar-refractivity contribution in [3.8, 4) is 5.75 Å². The summed E-state index contributed by atoms with van der Waals surface area (Å²) in [4.78, 5) is 28.7. The number of carbonyl (C=O) groups is 2. The van der Waals surface area contributed by atoms with E-state index in [2.05, 4.69) is 24.4 Å². The van der Waals surface area contributed by atoms with E-state index in [0.29, 0.717) is 23.8 Å². The predicted molar refractivity (Wildman–Crippen MR) is 121 cm³/mol. The Morgan fingerprint density at radius 2 is 1.81 bits per heavy atom. The van der Waals surface area contributed by atoms with E-state index in [1.165, 1.54) is 17.5 Å². The van der Waals surface area contributed by atoms with Gasteiger partial charge in [0.2, 0.25) is 5.91 Å². The topological polar surface area (TPSA) is 58.6 Å². The molecule has 2 aromatic carbocycles. The van der Waals surface area contributed by atoms with Crippen LogP contribution in [0, 0.1) is 12.8 Å². The van der Waals surface area contributed by atoms with Crippen molar-refractivity contribution >= 4 is 11.8 Å². The highest BCUT2D eigenvalue weighted by Gasteiger charge is 2.47. The van der Waals surface area contributed by atoms with Gasteiger partial charge in [0.1, 0.15) is 11.8 Å². The van der Waals surface area contributed by atoms with Crippen LogP contribution in [-0.4, -0.2) is 42.5 Å². The maximum absolute atomic E-state index is 13.6. The van der Waals surface area contributed by atoms with Crippen LogP contribution in [0.2, 0.25) is 0 Å². The van der Waals surface area contributed by atoms with Crippen molar-refractivity contribution < 1.29 is 14.3 Å². The Morgan fingerprint density at radius 3 is 2.61 bits per heavy atom. The number of amides is 2. The van der Waals surface area contributed by atoms with E-state index >= 15 is 0 Å². The van der Waals surface area contributed by atoms with Gasteiger partial charge in [-0.2, -0.15) is 0 Å². The van der Waals surface area contributed by atoms with Crippen molar-refractivity contribution in [3.05, 3.63) is 65.2 Å².